The number of phenolic OH excluding ortho intramolecular Hbond substituents is 1. The summed E-state index contributed by atoms with van der Waals surface area (Å²) in [6.07, 6.45) is 25.5. The fraction of sp³-hybridized carbons (Fsp3) is 0.776. The standard InChI is InChI=1S/C26H40O3.C23H32O3/c1-4-5-6-7-8-24(28)29-19-13-15-25(2)18(17-19)9-10-20-21-11-12-23(27)26(21,3)16-14-22(20)25;1-3-4-5-22(25)26-21-11-10-20-19-8-6-15-14-16(24)7-9-17(15)18(19)12-13-23(20,21)2/h9,19-22H,4-8,10-17H2,1-3H3;7,9,14,18-21,24H,3-6,8,10-13H2,1-2H3/t19-,20-,21-,22-,25-,26-;18?,19?,20?,21-,23-/m00/s1. The number of aryl methyl sites for hydroxylation is 1. The molecule has 3 unspecified atom stereocenters. The minimum atomic E-state index is -0.0482. The van der Waals surface area contributed by atoms with Crippen LogP contribution in [0.25, 0.3) is 0 Å². The number of esters is 2. The van der Waals surface area contributed by atoms with Crippen molar-refractivity contribution in [2.75, 3.05) is 0 Å². The SMILES string of the molecule is CCCCC(=O)O[C@H]1CCC2C3CCc4cc(O)ccc4C3CC[C@@]21C.CCCCCCC(=O)O[C@H]1CC[C@@]2(C)C(=CC[C@@H]3[C@@H]2CC[C@]2(C)C(=O)CC[C@@H]32)C1. The predicted octanol–water partition coefficient (Wildman–Crippen LogP) is 11.8. The summed E-state index contributed by atoms with van der Waals surface area (Å²) in [5.74, 6) is 4.86. The summed E-state index contributed by atoms with van der Waals surface area (Å²) in [6.45, 7) is 11.4. The molecule has 8 rings (SSSR count). The van der Waals surface area contributed by atoms with Gasteiger partial charge in [-0.1, -0.05) is 78.0 Å². The maximum Gasteiger partial charge on any atom is 0.306 e. The maximum absolute atomic E-state index is 12.6. The number of allylic oxidation sites excluding steroid dienone is 1. The van der Waals surface area contributed by atoms with Gasteiger partial charge in [-0.05, 0) is 154 Å². The van der Waals surface area contributed by atoms with Crippen LogP contribution in [0.5, 0.6) is 5.75 Å². The molecule has 0 radical (unpaired) electrons. The number of benzene rings is 1. The molecule has 0 amide bonds. The summed E-state index contributed by atoms with van der Waals surface area (Å²) in [6, 6.07) is 5.97. The molecule has 1 N–H and O–H groups in total. The van der Waals surface area contributed by atoms with Crippen LogP contribution in [0.2, 0.25) is 0 Å². The zero-order valence-electron chi connectivity index (χ0n) is 35.0. The predicted molar refractivity (Wildman–Crippen MR) is 217 cm³/mol. The first-order chi connectivity index (χ1) is 26.4. The average molecular weight is 757 g/mol. The van der Waals surface area contributed by atoms with E-state index >= 15 is 0 Å². The van der Waals surface area contributed by atoms with Crippen molar-refractivity contribution in [3.8, 4) is 5.75 Å². The second kappa shape index (κ2) is 16.7. The zero-order valence-corrected chi connectivity index (χ0v) is 35.0. The lowest BCUT2D eigenvalue weighted by Gasteiger charge is -2.56. The van der Waals surface area contributed by atoms with Gasteiger partial charge in [0.25, 0.3) is 0 Å². The number of ether oxygens (including phenoxy) is 2. The molecule has 0 bridgehead atoms. The summed E-state index contributed by atoms with van der Waals surface area (Å²) in [7, 11) is 0. The van der Waals surface area contributed by atoms with Gasteiger partial charge in [0.1, 0.15) is 23.7 Å². The molecule has 0 aromatic heterocycles. The minimum absolute atomic E-state index is 0.00175. The Bertz CT molecular complexity index is 1590. The van der Waals surface area contributed by atoms with Crippen molar-refractivity contribution in [2.24, 2.45) is 45.8 Å². The van der Waals surface area contributed by atoms with E-state index in [-0.39, 0.29) is 40.4 Å². The van der Waals surface area contributed by atoms with Crippen molar-refractivity contribution in [3.05, 3.63) is 41.0 Å². The number of fused-ring (bicyclic) bond motifs is 10. The number of hydrogen-bond acceptors (Lipinski definition) is 6. The molecule has 1 aromatic rings. The van der Waals surface area contributed by atoms with Crippen LogP contribution in [0, 0.1) is 45.8 Å². The minimum Gasteiger partial charge on any atom is -0.508 e. The molecule has 11 atom stereocenters. The van der Waals surface area contributed by atoms with Crippen LogP contribution in [0.3, 0.4) is 0 Å². The fourth-order valence-corrected chi connectivity index (χ4v) is 13.7. The van der Waals surface area contributed by atoms with Gasteiger partial charge in [0, 0.05) is 36.5 Å². The zero-order chi connectivity index (χ0) is 39.0. The number of Topliss-reactive ketones (excluding diaryl/α,β-unsaturated/α-hetero) is 1. The largest absolute Gasteiger partial charge is 0.508 e. The Balaban J connectivity index is 0.000000170. The monoisotopic (exact) mass is 757 g/mol. The van der Waals surface area contributed by atoms with E-state index in [0.29, 0.717) is 59.9 Å². The maximum atomic E-state index is 12.6. The highest BCUT2D eigenvalue weighted by molar-refractivity contribution is 5.87. The molecule has 55 heavy (non-hydrogen) atoms. The first kappa shape index (κ1) is 40.6. The van der Waals surface area contributed by atoms with Crippen LogP contribution in [0.15, 0.2) is 29.8 Å². The van der Waals surface area contributed by atoms with Gasteiger partial charge in [-0.2, -0.15) is 0 Å². The third-order valence-electron chi connectivity index (χ3n) is 16.9. The molecule has 0 aliphatic heterocycles. The van der Waals surface area contributed by atoms with Crippen LogP contribution in [0.4, 0.5) is 0 Å². The number of aromatic hydroxyl groups is 1. The second-order valence-corrected chi connectivity index (χ2v) is 19.8. The summed E-state index contributed by atoms with van der Waals surface area (Å²) in [5.41, 5.74) is 4.70. The van der Waals surface area contributed by atoms with Crippen molar-refractivity contribution >= 4 is 17.7 Å². The van der Waals surface area contributed by atoms with Crippen LogP contribution < -0.4 is 0 Å². The molecule has 0 spiro atoms. The van der Waals surface area contributed by atoms with Crippen LogP contribution >= 0.6 is 0 Å². The van der Waals surface area contributed by atoms with Crippen LogP contribution in [-0.4, -0.2) is 35.0 Å². The molecule has 5 saturated carbocycles. The van der Waals surface area contributed by atoms with Crippen molar-refractivity contribution in [2.45, 2.75) is 194 Å². The molecule has 0 saturated heterocycles. The number of phenols is 1. The first-order valence-electron chi connectivity index (χ1n) is 22.8. The molecular weight excluding hydrogens is 685 g/mol. The van der Waals surface area contributed by atoms with E-state index in [1.165, 1.54) is 49.7 Å². The van der Waals surface area contributed by atoms with Gasteiger partial charge in [-0.15, -0.1) is 0 Å². The third kappa shape index (κ3) is 7.84. The van der Waals surface area contributed by atoms with Gasteiger partial charge in [-0.25, -0.2) is 0 Å². The summed E-state index contributed by atoms with van der Waals surface area (Å²) in [5, 5.41) is 9.81. The first-order valence-corrected chi connectivity index (χ1v) is 22.8. The Morgan fingerprint density at radius 2 is 1.49 bits per heavy atom. The lowest BCUT2D eigenvalue weighted by atomic mass is 9.48. The molecule has 5 fully saturated rings. The van der Waals surface area contributed by atoms with Crippen molar-refractivity contribution < 1.29 is 29.0 Å². The average Bonchev–Trinajstić information content (AvgIpc) is 3.67. The van der Waals surface area contributed by atoms with Gasteiger partial charge in [0.05, 0.1) is 0 Å². The Morgan fingerprint density at radius 3 is 2.29 bits per heavy atom. The highest BCUT2D eigenvalue weighted by Crippen LogP contribution is 2.65. The Kier molecular flexibility index (Phi) is 12.3. The Morgan fingerprint density at radius 1 is 0.745 bits per heavy atom. The summed E-state index contributed by atoms with van der Waals surface area (Å²) < 4.78 is 11.9. The second-order valence-electron chi connectivity index (χ2n) is 19.8. The lowest BCUT2D eigenvalue weighted by Crippen LogP contribution is -2.50. The van der Waals surface area contributed by atoms with E-state index in [4.69, 9.17) is 9.47 Å². The smallest absolute Gasteiger partial charge is 0.306 e. The van der Waals surface area contributed by atoms with E-state index in [0.717, 1.165) is 89.9 Å². The van der Waals surface area contributed by atoms with E-state index < -0.39 is 0 Å². The Labute approximate surface area is 332 Å². The number of carbonyl (C=O) groups is 3. The Hall–Kier alpha value is -2.63. The normalized spacial score (nSPS) is 38.4. The number of ketones is 1. The van der Waals surface area contributed by atoms with Gasteiger partial charge in [0.2, 0.25) is 0 Å². The highest BCUT2D eigenvalue weighted by atomic mass is 16.5. The molecule has 7 aliphatic rings. The molecule has 7 aliphatic carbocycles. The number of hydrogen-bond donors (Lipinski definition) is 1. The van der Waals surface area contributed by atoms with E-state index in [2.05, 4.69) is 46.8 Å². The number of unbranched alkanes of at least 4 members (excludes halogenated alkanes) is 4. The van der Waals surface area contributed by atoms with Crippen molar-refractivity contribution in [1.29, 1.82) is 0 Å². The molecular formula is C49H72O6. The van der Waals surface area contributed by atoms with Crippen molar-refractivity contribution in [3.63, 3.8) is 0 Å². The molecule has 6 nitrogen and oxygen atoms in total. The van der Waals surface area contributed by atoms with Crippen LogP contribution in [0.1, 0.15) is 187 Å². The fourth-order valence-electron chi connectivity index (χ4n) is 13.7. The molecule has 0 heterocycles. The highest BCUT2D eigenvalue weighted by Gasteiger charge is 2.59. The third-order valence-corrected chi connectivity index (χ3v) is 16.9. The van der Waals surface area contributed by atoms with Gasteiger partial charge < -0.3 is 14.6 Å². The van der Waals surface area contributed by atoms with E-state index in [1.807, 2.05) is 12.1 Å². The topological polar surface area (TPSA) is 89.9 Å². The lowest BCUT2D eigenvalue weighted by molar-refractivity contribution is -0.157. The van der Waals surface area contributed by atoms with E-state index in [9.17, 15) is 19.5 Å². The molecule has 6 heteroatoms. The van der Waals surface area contributed by atoms with Gasteiger partial charge in [0.15, 0.2) is 0 Å². The summed E-state index contributed by atoms with van der Waals surface area (Å²) in [4.78, 5) is 37.0. The van der Waals surface area contributed by atoms with E-state index in [1.54, 1.807) is 5.57 Å². The number of rotatable bonds is 10. The van der Waals surface area contributed by atoms with Gasteiger partial charge in [-0.3, -0.25) is 14.4 Å². The van der Waals surface area contributed by atoms with Crippen LogP contribution in [-0.2, 0) is 30.3 Å². The summed E-state index contributed by atoms with van der Waals surface area (Å²) >= 11 is 0. The molecule has 1 aromatic carbocycles. The number of carbonyl (C=O) groups excluding carboxylic acids is 3. The molecule has 304 valence electrons. The van der Waals surface area contributed by atoms with Gasteiger partial charge >= 0.3 is 11.9 Å². The van der Waals surface area contributed by atoms with Crippen molar-refractivity contribution in [1.82, 2.24) is 0 Å². The quantitative estimate of drug-likeness (QED) is 0.145.